The monoisotopic (exact) mass is 486 g/mol. The summed E-state index contributed by atoms with van der Waals surface area (Å²) >= 11 is 1.71. The van der Waals surface area contributed by atoms with Gasteiger partial charge in [-0.05, 0) is 61.4 Å². The Bertz CT molecular complexity index is 987. The Balaban J connectivity index is 1.81. The van der Waals surface area contributed by atoms with E-state index in [4.69, 9.17) is 9.47 Å². The van der Waals surface area contributed by atoms with E-state index in [2.05, 4.69) is 11.4 Å². The topological polar surface area (TPSA) is 76.2 Å². The van der Waals surface area contributed by atoms with Crippen LogP contribution in [0.15, 0.2) is 35.7 Å². The first-order valence-corrected chi connectivity index (χ1v) is 12.7. The van der Waals surface area contributed by atoms with Crippen molar-refractivity contribution in [3.63, 3.8) is 0 Å². The minimum absolute atomic E-state index is 0.0111. The normalized spacial score (nSPS) is 15.9. The molecular weight excluding hydrogens is 452 g/mol. The summed E-state index contributed by atoms with van der Waals surface area (Å²) in [5.74, 6) is 0.0671. The van der Waals surface area contributed by atoms with Crippen molar-refractivity contribution in [2.75, 3.05) is 26.8 Å². The van der Waals surface area contributed by atoms with Gasteiger partial charge in [0.25, 0.3) is 0 Å². The number of benzene rings is 1. The number of ether oxygens (including phenoxy) is 2. The van der Waals surface area contributed by atoms with Gasteiger partial charge in [-0.25, -0.2) is 0 Å². The van der Waals surface area contributed by atoms with Crippen LogP contribution in [-0.2, 0) is 25.5 Å². The van der Waals surface area contributed by atoms with Crippen molar-refractivity contribution in [1.82, 2.24) is 9.80 Å². The third-order valence-corrected chi connectivity index (χ3v) is 7.31. The Kier molecular flexibility index (Phi) is 9.10. The highest BCUT2D eigenvalue weighted by Gasteiger charge is 2.34. The Morgan fingerprint density at radius 2 is 1.88 bits per heavy atom. The number of esters is 1. The van der Waals surface area contributed by atoms with Crippen molar-refractivity contribution in [1.29, 1.82) is 0 Å². The summed E-state index contributed by atoms with van der Waals surface area (Å²) in [5, 5.41) is 2.07. The lowest BCUT2D eigenvalue weighted by Crippen LogP contribution is -2.49. The van der Waals surface area contributed by atoms with Crippen molar-refractivity contribution in [3.8, 4) is 5.75 Å². The van der Waals surface area contributed by atoms with Crippen molar-refractivity contribution in [3.05, 3.63) is 51.7 Å². The van der Waals surface area contributed by atoms with Gasteiger partial charge in [0.15, 0.2) is 0 Å². The van der Waals surface area contributed by atoms with Gasteiger partial charge in [0.1, 0.15) is 12.3 Å². The molecule has 3 rings (SSSR count). The van der Waals surface area contributed by atoms with Crippen LogP contribution in [0.5, 0.6) is 5.75 Å². The molecule has 2 amide bonds. The molecule has 0 aliphatic carbocycles. The molecule has 0 bridgehead atoms. The number of fused-ring (bicyclic) bond motifs is 1. The molecule has 1 aromatic carbocycles. The quantitative estimate of drug-likeness (QED) is 0.471. The van der Waals surface area contributed by atoms with Gasteiger partial charge in [-0.1, -0.05) is 19.1 Å². The van der Waals surface area contributed by atoms with Crippen LogP contribution in [0, 0.1) is 0 Å². The summed E-state index contributed by atoms with van der Waals surface area (Å²) in [7, 11) is 1.63. The van der Waals surface area contributed by atoms with Gasteiger partial charge in [0.05, 0.1) is 26.2 Å². The van der Waals surface area contributed by atoms with Gasteiger partial charge in [0, 0.05) is 23.9 Å². The van der Waals surface area contributed by atoms with E-state index in [9.17, 15) is 14.4 Å². The average molecular weight is 487 g/mol. The first-order valence-electron chi connectivity index (χ1n) is 11.8. The van der Waals surface area contributed by atoms with Crippen molar-refractivity contribution in [2.24, 2.45) is 0 Å². The van der Waals surface area contributed by atoms with E-state index in [1.165, 1.54) is 4.88 Å². The third-order valence-electron chi connectivity index (χ3n) is 6.31. The number of methoxy groups -OCH3 is 1. The number of amides is 2. The molecular formula is C26H34N2O5S. The molecule has 2 aromatic rings. The fourth-order valence-corrected chi connectivity index (χ4v) is 5.17. The van der Waals surface area contributed by atoms with Crippen LogP contribution >= 0.6 is 11.3 Å². The molecule has 0 saturated carbocycles. The Morgan fingerprint density at radius 1 is 1.15 bits per heavy atom. The van der Waals surface area contributed by atoms with Gasteiger partial charge in [-0.15, -0.1) is 11.3 Å². The van der Waals surface area contributed by atoms with Crippen LogP contribution in [0.25, 0.3) is 0 Å². The fraction of sp³-hybridized carbons (Fsp3) is 0.500. The zero-order valence-electron chi connectivity index (χ0n) is 20.4. The minimum Gasteiger partial charge on any atom is -0.497 e. The second kappa shape index (κ2) is 12.0. The molecule has 0 spiro atoms. The maximum atomic E-state index is 13.6. The Labute approximate surface area is 205 Å². The predicted molar refractivity (Wildman–Crippen MR) is 132 cm³/mol. The van der Waals surface area contributed by atoms with E-state index in [-0.39, 0.29) is 49.9 Å². The molecule has 2 heterocycles. The van der Waals surface area contributed by atoms with E-state index in [1.54, 1.807) is 30.3 Å². The first kappa shape index (κ1) is 25.7. The first-order chi connectivity index (χ1) is 16.4. The summed E-state index contributed by atoms with van der Waals surface area (Å²) in [6, 6.07) is 9.57. The molecule has 1 aliphatic heterocycles. The highest BCUT2D eigenvalue weighted by molar-refractivity contribution is 7.10. The van der Waals surface area contributed by atoms with Crippen molar-refractivity contribution < 1.29 is 23.9 Å². The van der Waals surface area contributed by atoms with Gasteiger partial charge in [-0.2, -0.15) is 0 Å². The molecule has 0 radical (unpaired) electrons. The van der Waals surface area contributed by atoms with Crippen LogP contribution in [0.3, 0.4) is 0 Å². The number of nitrogens with zero attached hydrogens (tertiary/aromatic N) is 2. The van der Waals surface area contributed by atoms with Gasteiger partial charge < -0.3 is 19.3 Å². The van der Waals surface area contributed by atoms with E-state index >= 15 is 0 Å². The van der Waals surface area contributed by atoms with Crippen LogP contribution in [0.2, 0.25) is 0 Å². The summed E-state index contributed by atoms with van der Waals surface area (Å²) in [6.45, 7) is 6.52. The molecule has 184 valence electrons. The predicted octanol–water partition coefficient (Wildman–Crippen LogP) is 4.20. The van der Waals surface area contributed by atoms with Crippen molar-refractivity contribution in [2.45, 2.75) is 58.5 Å². The summed E-state index contributed by atoms with van der Waals surface area (Å²) < 4.78 is 10.2. The molecule has 0 saturated heterocycles. The number of hydrogen-bond donors (Lipinski definition) is 0. The van der Waals surface area contributed by atoms with Gasteiger partial charge >= 0.3 is 5.97 Å². The average Bonchev–Trinajstić information content (AvgIpc) is 3.34. The molecule has 1 aliphatic rings. The number of rotatable bonds is 10. The largest absolute Gasteiger partial charge is 0.497 e. The summed E-state index contributed by atoms with van der Waals surface area (Å²) in [4.78, 5) is 43.1. The van der Waals surface area contributed by atoms with E-state index in [1.807, 2.05) is 43.0 Å². The Hall–Kier alpha value is -2.87. The van der Waals surface area contributed by atoms with Crippen LogP contribution in [-0.4, -0.2) is 60.4 Å². The van der Waals surface area contributed by atoms with Crippen LogP contribution in [0.1, 0.15) is 62.1 Å². The number of thiophene rings is 1. The molecule has 7 nitrogen and oxygen atoms in total. The second-order valence-electron chi connectivity index (χ2n) is 8.40. The zero-order chi connectivity index (χ0) is 24.7. The minimum atomic E-state index is -0.396. The smallest absolute Gasteiger partial charge is 0.306 e. The molecule has 8 heteroatoms. The summed E-state index contributed by atoms with van der Waals surface area (Å²) in [5.41, 5.74) is 2.15. The highest BCUT2D eigenvalue weighted by atomic mass is 32.1. The fourth-order valence-electron chi connectivity index (χ4n) is 4.26. The molecule has 0 N–H and O–H groups in total. The molecule has 2 atom stereocenters. The second-order valence-corrected chi connectivity index (χ2v) is 9.40. The lowest BCUT2D eigenvalue weighted by molar-refractivity contribution is -0.147. The van der Waals surface area contributed by atoms with Crippen LogP contribution < -0.4 is 4.74 Å². The summed E-state index contributed by atoms with van der Waals surface area (Å²) in [6.07, 6.45) is 1.57. The molecule has 2 unspecified atom stereocenters. The molecule has 1 aromatic heterocycles. The maximum Gasteiger partial charge on any atom is 0.306 e. The third kappa shape index (κ3) is 5.97. The zero-order valence-corrected chi connectivity index (χ0v) is 21.2. The highest BCUT2D eigenvalue weighted by Crippen LogP contribution is 2.38. The van der Waals surface area contributed by atoms with E-state index in [0.717, 1.165) is 29.7 Å². The van der Waals surface area contributed by atoms with E-state index in [0.29, 0.717) is 6.54 Å². The number of carbonyl (C=O) groups excluding carboxylic acids is 3. The van der Waals surface area contributed by atoms with Crippen LogP contribution in [0.4, 0.5) is 0 Å². The molecule has 0 fully saturated rings. The lowest BCUT2D eigenvalue weighted by atomic mass is 9.93. The van der Waals surface area contributed by atoms with Crippen molar-refractivity contribution >= 4 is 29.1 Å². The van der Waals surface area contributed by atoms with Gasteiger partial charge in [0.2, 0.25) is 11.8 Å². The van der Waals surface area contributed by atoms with E-state index < -0.39 is 5.97 Å². The lowest BCUT2D eigenvalue weighted by Gasteiger charge is -2.38. The Morgan fingerprint density at radius 3 is 2.53 bits per heavy atom. The SMILES string of the molecule is CCOC(=O)CCC(=O)N(CC(=O)N1CCc2sccc2C1c1ccc(OC)cc1)C(C)CC. The standard InChI is InChI=1S/C26H34N2O5S/c1-5-18(3)28(23(29)11-12-25(31)33-6-2)17-24(30)27-15-13-22-21(14-16-34-22)26(27)19-7-9-20(32-4)10-8-19/h7-10,14,16,18,26H,5-6,11-13,15,17H2,1-4H3. The number of hydrogen-bond acceptors (Lipinski definition) is 6. The maximum absolute atomic E-state index is 13.6. The number of carbonyl (C=O) groups is 3. The molecule has 34 heavy (non-hydrogen) atoms. The van der Waals surface area contributed by atoms with Gasteiger partial charge in [-0.3, -0.25) is 14.4 Å².